The summed E-state index contributed by atoms with van der Waals surface area (Å²) in [6.07, 6.45) is 1.39. The maximum Gasteiger partial charge on any atom is 0.354 e. The van der Waals surface area contributed by atoms with E-state index in [2.05, 4.69) is 44.5 Å². The summed E-state index contributed by atoms with van der Waals surface area (Å²) in [5.41, 5.74) is 0.769. The Bertz CT molecular complexity index is 3740. The van der Waals surface area contributed by atoms with Gasteiger partial charge in [0.15, 0.2) is 0 Å². The number of para-hydroxylation sites is 2. The number of hydrogen-bond donors (Lipinski definition) is 2. The van der Waals surface area contributed by atoms with Gasteiger partial charge in [0.05, 0.1) is 78.6 Å². The van der Waals surface area contributed by atoms with Crippen molar-refractivity contribution in [1.29, 1.82) is 0 Å². The number of carbonyl (C=O) groups is 4. The lowest BCUT2D eigenvalue weighted by atomic mass is 10.1. The molecule has 2 amide bonds. The highest BCUT2D eigenvalue weighted by Crippen LogP contribution is 2.26. The number of benzene rings is 6. The van der Waals surface area contributed by atoms with E-state index in [1.54, 1.807) is 105 Å². The summed E-state index contributed by atoms with van der Waals surface area (Å²) in [5.74, 6) is -2.84. The minimum atomic E-state index is -0.796. The molecule has 0 radical (unpaired) electrons. The standard InChI is InChI=1S/C26H19Cl2N3O5.C15H11IN2O2.C11H9Cl2NO3/c1-30-21-9-4-3-6-17(21)24(33)31(26(30)35)16-12-10-15(11-13-16)14-20(25(34)36-2)29-23(32)22-18(27)7-5-8-19(22)28;1-17-13-5-3-2-4-12(13)14(19)18(15(17)20)11-8-6-10(16)7-9-11;1-6(11(16)17-2)14-10(15)9-7(12)4-3-5-8(9)13/h3-14H,1-2H3,(H,29,32);2-9H,1H3;3-5H,1H2,2H3,(H,14,15)/b20-14-;;. The minimum absolute atomic E-state index is 0.0116. The third kappa shape index (κ3) is 12.4. The van der Waals surface area contributed by atoms with E-state index >= 15 is 0 Å². The van der Waals surface area contributed by atoms with Crippen molar-refractivity contribution < 1.29 is 28.7 Å². The van der Waals surface area contributed by atoms with Crippen molar-refractivity contribution in [2.45, 2.75) is 0 Å². The van der Waals surface area contributed by atoms with E-state index in [-0.39, 0.29) is 53.9 Å². The molecule has 6 aromatic carbocycles. The largest absolute Gasteiger partial charge is 0.464 e. The van der Waals surface area contributed by atoms with Gasteiger partial charge in [0, 0.05) is 17.7 Å². The molecule has 2 aromatic heterocycles. The Labute approximate surface area is 448 Å². The van der Waals surface area contributed by atoms with Crippen molar-refractivity contribution in [2.24, 2.45) is 14.1 Å². The van der Waals surface area contributed by atoms with Crippen LogP contribution >= 0.6 is 69.0 Å². The average molecular weight is 1180 g/mol. The van der Waals surface area contributed by atoms with Crippen LogP contribution in [0.25, 0.3) is 39.3 Å². The van der Waals surface area contributed by atoms with Crippen molar-refractivity contribution in [3.05, 3.63) is 233 Å². The zero-order valence-corrected chi connectivity index (χ0v) is 43.9. The second-order valence-electron chi connectivity index (χ2n) is 15.2. The third-order valence-electron chi connectivity index (χ3n) is 10.6. The summed E-state index contributed by atoms with van der Waals surface area (Å²) in [7, 11) is 5.62. The quantitative estimate of drug-likeness (QED) is 0.0801. The van der Waals surface area contributed by atoms with Gasteiger partial charge in [0.1, 0.15) is 11.4 Å². The molecule has 21 heteroatoms. The molecule has 8 rings (SSSR count). The van der Waals surface area contributed by atoms with Crippen LogP contribution < -0.4 is 33.1 Å². The van der Waals surface area contributed by atoms with Crippen LogP contribution in [0.1, 0.15) is 26.3 Å². The molecule has 2 N–H and O–H groups in total. The molecule has 0 saturated carbocycles. The number of rotatable bonds is 9. The van der Waals surface area contributed by atoms with Crippen molar-refractivity contribution in [3.63, 3.8) is 0 Å². The number of ether oxygens (including phenoxy) is 2. The number of fused-ring (bicyclic) bond motifs is 2. The zero-order valence-electron chi connectivity index (χ0n) is 38.7. The molecule has 0 aliphatic heterocycles. The van der Waals surface area contributed by atoms with E-state index in [9.17, 15) is 38.4 Å². The highest BCUT2D eigenvalue weighted by atomic mass is 127. The summed E-state index contributed by atoms with van der Waals surface area (Å²) in [6, 6.07) is 36.8. The monoisotopic (exact) mass is 1170 g/mol. The molecule has 8 aromatic rings. The minimum Gasteiger partial charge on any atom is -0.464 e. The Hall–Kier alpha value is -7.55. The van der Waals surface area contributed by atoms with Gasteiger partial charge in [-0.1, -0.05) is 102 Å². The number of hydrogen-bond acceptors (Lipinski definition) is 10. The second-order valence-corrected chi connectivity index (χ2v) is 18.1. The van der Waals surface area contributed by atoms with E-state index < -0.39 is 35.0 Å². The fraction of sp³-hybridized carbons (Fsp3) is 0.0769. The van der Waals surface area contributed by atoms with Crippen LogP contribution in [0, 0.1) is 3.57 Å². The molecule has 2 heterocycles. The van der Waals surface area contributed by atoms with E-state index in [1.165, 1.54) is 58.3 Å². The number of nitrogens with one attached hydrogen (secondary N) is 2. The molecular formula is C52H39Cl4IN6O10. The Balaban J connectivity index is 0.000000198. The van der Waals surface area contributed by atoms with Gasteiger partial charge in [-0.15, -0.1) is 0 Å². The van der Waals surface area contributed by atoms with Gasteiger partial charge in [-0.2, -0.15) is 0 Å². The van der Waals surface area contributed by atoms with Gasteiger partial charge >= 0.3 is 23.3 Å². The molecular weight excluding hydrogens is 1140 g/mol. The number of methoxy groups -OCH3 is 2. The fourth-order valence-corrected chi connectivity index (χ4v) is 8.49. The maximum absolute atomic E-state index is 13.0. The predicted octanol–water partition coefficient (Wildman–Crippen LogP) is 8.64. The molecule has 0 atom stereocenters. The Morgan fingerprint density at radius 1 is 0.534 bits per heavy atom. The molecule has 73 heavy (non-hydrogen) atoms. The van der Waals surface area contributed by atoms with Gasteiger partial charge in [-0.3, -0.25) is 28.3 Å². The summed E-state index contributed by atoms with van der Waals surface area (Å²) in [5, 5.41) is 6.28. The van der Waals surface area contributed by atoms with Crippen molar-refractivity contribution in [3.8, 4) is 11.4 Å². The van der Waals surface area contributed by atoms with Gasteiger partial charge < -0.3 is 20.1 Å². The first-order valence-corrected chi connectivity index (χ1v) is 23.7. The van der Waals surface area contributed by atoms with E-state index in [0.717, 1.165) is 8.14 Å². The summed E-state index contributed by atoms with van der Waals surface area (Å²) in [6.45, 7) is 3.36. The van der Waals surface area contributed by atoms with E-state index in [0.29, 0.717) is 38.7 Å². The van der Waals surface area contributed by atoms with Gasteiger partial charge in [-0.25, -0.2) is 28.3 Å². The molecule has 16 nitrogen and oxygen atoms in total. The van der Waals surface area contributed by atoms with Crippen LogP contribution in [0.4, 0.5) is 0 Å². The van der Waals surface area contributed by atoms with Crippen LogP contribution in [0.5, 0.6) is 0 Å². The molecule has 0 aliphatic carbocycles. The topological polar surface area (TPSA) is 199 Å². The molecule has 372 valence electrons. The molecule has 0 unspecified atom stereocenters. The first-order valence-electron chi connectivity index (χ1n) is 21.1. The molecule has 0 bridgehead atoms. The lowest BCUT2D eigenvalue weighted by molar-refractivity contribution is -0.137. The van der Waals surface area contributed by atoms with Crippen molar-refractivity contribution in [1.82, 2.24) is 28.9 Å². The normalized spacial score (nSPS) is 10.8. The second kappa shape index (κ2) is 24.2. The summed E-state index contributed by atoms with van der Waals surface area (Å²) < 4.78 is 15.4. The Morgan fingerprint density at radius 2 is 0.918 bits per heavy atom. The van der Waals surface area contributed by atoms with Crippen LogP contribution in [-0.4, -0.2) is 56.2 Å². The smallest absolute Gasteiger partial charge is 0.354 e. The molecule has 0 fully saturated rings. The lowest BCUT2D eigenvalue weighted by Crippen LogP contribution is -2.37. The maximum atomic E-state index is 13.0. The number of esters is 2. The van der Waals surface area contributed by atoms with Gasteiger partial charge in [-0.05, 0) is 119 Å². The van der Waals surface area contributed by atoms with Crippen LogP contribution in [0.15, 0.2) is 171 Å². The number of aromatic nitrogens is 4. The van der Waals surface area contributed by atoms with Crippen molar-refractivity contribution in [2.75, 3.05) is 14.2 Å². The first kappa shape index (κ1) is 54.8. The number of aryl methyl sites for hydroxylation is 2. The van der Waals surface area contributed by atoms with E-state index in [4.69, 9.17) is 51.1 Å². The number of amides is 2. The van der Waals surface area contributed by atoms with Gasteiger partial charge in [0.2, 0.25) is 0 Å². The first-order chi connectivity index (χ1) is 34.8. The SMILES string of the molecule is C=C(NC(=O)c1c(Cl)cccc1Cl)C(=O)OC.COC(=O)/C(=C/c1ccc(-n2c(=O)c3ccccc3n(C)c2=O)cc1)NC(=O)c1c(Cl)cccc1Cl.Cn1c(=O)n(-c2ccc(I)cc2)c(=O)c2ccccc21. The fourth-order valence-electron chi connectivity index (χ4n) is 6.99. The average Bonchev–Trinajstić information content (AvgIpc) is 3.38. The molecule has 0 spiro atoms. The predicted molar refractivity (Wildman–Crippen MR) is 291 cm³/mol. The Kier molecular flexibility index (Phi) is 18.2. The summed E-state index contributed by atoms with van der Waals surface area (Å²) in [4.78, 5) is 98.8. The number of halogens is 5. The molecule has 0 aliphatic rings. The number of carbonyl (C=O) groups excluding carboxylic acids is 4. The third-order valence-corrected chi connectivity index (χ3v) is 12.6. The molecule has 0 saturated heterocycles. The van der Waals surface area contributed by atoms with Crippen molar-refractivity contribution >= 4 is 121 Å². The lowest BCUT2D eigenvalue weighted by Gasteiger charge is -2.12. The van der Waals surface area contributed by atoms with E-state index in [1.807, 2.05) is 18.2 Å². The van der Waals surface area contributed by atoms with Crippen LogP contribution in [0.2, 0.25) is 20.1 Å². The highest BCUT2D eigenvalue weighted by Gasteiger charge is 2.21. The summed E-state index contributed by atoms with van der Waals surface area (Å²) >= 11 is 26.0. The van der Waals surface area contributed by atoms with Crippen LogP contribution in [0.3, 0.4) is 0 Å². The Morgan fingerprint density at radius 3 is 1.33 bits per heavy atom. The highest BCUT2D eigenvalue weighted by molar-refractivity contribution is 14.1. The van der Waals surface area contributed by atoms with Crippen LogP contribution in [-0.2, 0) is 33.2 Å². The zero-order chi connectivity index (χ0) is 53.3. The van der Waals surface area contributed by atoms with Gasteiger partial charge in [0.25, 0.3) is 22.9 Å². The number of nitrogens with zero attached hydrogens (tertiary/aromatic N) is 4.